The highest BCUT2D eigenvalue weighted by molar-refractivity contribution is 9.09. The zero-order valence-electron chi connectivity index (χ0n) is 13.1. The Balaban J connectivity index is 2.04. The van der Waals surface area contributed by atoms with Crippen molar-refractivity contribution in [3.63, 3.8) is 0 Å². The van der Waals surface area contributed by atoms with E-state index in [9.17, 15) is 0 Å². The molecule has 0 fully saturated rings. The fraction of sp³-hybridized carbons (Fsp3) is 0.529. The van der Waals surface area contributed by atoms with Gasteiger partial charge in [0.05, 0.1) is 0 Å². The summed E-state index contributed by atoms with van der Waals surface area (Å²) in [6.07, 6.45) is 3.71. The minimum atomic E-state index is 0.543. The van der Waals surface area contributed by atoms with Crippen molar-refractivity contribution in [2.75, 3.05) is 5.33 Å². The van der Waals surface area contributed by atoms with Crippen molar-refractivity contribution in [1.82, 2.24) is 14.8 Å². The molecule has 3 nitrogen and oxygen atoms in total. The Morgan fingerprint density at radius 1 is 1.24 bits per heavy atom. The molecule has 0 aliphatic carbocycles. The first-order valence-corrected chi connectivity index (χ1v) is 8.68. The van der Waals surface area contributed by atoms with Gasteiger partial charge in [0.2, 0.25) is 0 Å². The lowest BCUT2D eigenvalue weighted by molar-refractivity contribution is 0.448. The second-order valence-electron chi connectivity index (χ2n) is 6.17. The molecular weight excluding hydrogens is 326 g/mol. The Kier molecular flexibility index (Phi) is 5.97. The highest BCUT2D eigenvalue weighted by Gasteiger charge is 2.14. The summed E-state index contributed by atoms with van der Waals surface area (Å²) in [7, 11) is 0. The van der Waals surface area contributed by atoms with Crippen molar-refractivity contribution in [3.05, 3.63) is 47.5 Å². The lowest BCUT2D eigenvalue weighted by Gasteiger charge is -2.15. The Morgan fingerprint density at radius 2 is 2.05 bits per heavy atom. The molecule has 0 radical (unpaired) electrons. The molecule has 0 saturated heterocycles. The van der Waals surface area contributed by atoms with Crippen molar-refractivity contribution in [2.24, 2.45) is 11.8 Å². The average molecular weight is 350 g/mol. The molecule has 0 amide bonds. The molecule has 2 aromatic rings. The van der Waals surface area contributed by atoms with Gasteiger partial charge in [-0.15, -0.1) is 0 Å². The smallest absolute Gasteiger partial charge is 0.138 e. The predicted octanol–water partition coefficient (Wildman–Crippen LogP) is 4.04. The largest absolute Gasteiger partial charge is 0.250 e. The summed E-state index contributed by atoms with van der Waals surface area (Å²) >= 11 is 3.66. The molecule has 1 unspecified atom stereocenters. The number of aromatic nitrogens is 3. The molecule has 0 spiro atoms. The van der Waals surface area contributed by atoms with E-state index >= 15 is 0 Å². The quantitative estimate of drug-likeness (QED) is 0.706. The predicted molar refractivity (Wildman–Crippen MR) is 90.7 cm³/mol. The minimum absolute atomic E-state index is 0.543. The normalized spacial score (nSPS) is 12.8. The van der Waals surface area contributed by atoms with Gasteiger partial charge >= 0.3 is 0 Å². The monoisotopic (exact) mass is 349 g/mol. The second kappa shape index (κ2) is 7.74. The topological polar surface area (TPSA) is 30.7 Å². The lowest BCUT2D eigenvalue weighted by atomic mass is 9.96. The maximum absolute atomic E-state index is 4.45. The summed E-state index contributed by atoms with van der Waals surface area (Å²) in [6.45, 7) is 7.50. The van der Waals surface area contributed by atoms with Gasteiger partial charge < -0.3 is 0 Å². The van der Waals surface area contributed by atoms with Crippen LogP contribution >= 0.6 is 15.9 Å². The zero-order chi connectivity index (χ0) is 15.2. The van der Waals surface area contributed by atoms with Crippen LogP contribution < -0.4 is 0 Å². The van der Waals surface area contributed by atoms with E-state index in [0.29, 0.717) is 11.8 Å². The van der Waals surface area contributed by atoms with Gasteiger partial charge in [-0.2, -0.15) is 5.10 Å². The molecule has 1 atom stereocenters. The zero-order valence-corrected chi connectivity index (χ0v) is 14.7. The molecule has 1 aromatic heterocycles. The van der Waals surface area contributed by atoms with Gasteiger partial charge in [-0.1, -0.05) is 59.6 Å². The molecule has 2 rings (SSSR count). The number of hydrogen-bond acceptors (Lipinski definition) is 2. The second-order valence-corrected chi connectivity index (χ2v) is 6.82. The number of alkyl halides is 1. The van der Waals surface area contributed by atoms with Gasteiger partial charge in [-0.25, -0.2) is 9.67 Å². The molecule has 0 saturated carbocycles. The van der Waals surface area contributed by atoms with Crippen LogP contribution in [0.2, 0.25) is 0 Å². The van der Waals surface area contributed by atoms with E-state index < -0.39 is 0 Å². The third-order valence-electron chi connectivity index (χ3n) is 3.53. The number of aryl methyl sites for hydroxylation is 1. The molecule has 0 N–H and O–H groups in total. The molecular formula is C17H24BrN3. The van der Waals surface area contributed by atoms with Crippen LogP contribution in [-0.4, -0.2) is 20.1 Å². The van der Waals surface area contributed by atoms with Crippen molar-refractivity contribution in [3.8, 4) is 0 Å². The number of rotatable bonds is 7. The van der Waals surface area contributed by atoms with Crippen LogP contribution in [0, 0.1) is 18.8 Å². The molecule has 21 heavy (non-hydrogen) atoms. The van der Waals surface area contributed by atoms with E-state index in [0.717, 1.165) is 30.5 Å². The Hall–Kier alpha value is -1.16. The minimum Gasteiger partial charge on any atom is -0.250 e. The fourth-order valence-corrected chi connectivity index (χ4v) is 3.01. The molecule has 0 aliphatic heterocycles. The van der Waals surface area contributed by atoms with Crippen LogP contribution in [0.3, 0.4) is 0 Å². The first-order chi connectivity index (χ1) is 10.1. The number of benzene rings is 1. The molecule has 0 bridgehead atoms. The Bertz CT molecular complexity index is 563. The van der Waals surface area contributed by atoms with Gasteiger partial charge in [0.15, 0.2) is 0 Å². The highest BCUT2D eigenvalue weighted by atomic mass is 79.9. The van der Waals surface area contributed by atoms with Gasteiger partial charge in [-0.3, -0.25) is 0 Å². The molecule has 1 heterocycles. The molecule has 1 aromatic carbocycles. The van der Waals surface area contributed by atoms with Crippen LogP contribution in [0.4, 0.5) is 0 Å². The van der Waals surface area contributed by atoms with Crippen molar-refractivity contribution in [1.29, 1.82) is 0 Å². The van der Waals surface area contributed by atoms with E-state index in [4.69, 9.17) is 0 Å². The van der Waals surface area contributed by atoms with Gasteiger partial charge in [0.1, 0.15) is 12.2 Å². The summed E-state index contributed by atoms with van der Waals surface area (Å²) in [6, 6.07) is 8.76. The average Bonchev–Trinajstić information content (AvgIpc) is 2.84. The van der Waals surface area contributed by atoms with Crippen molar-refractivity contribution < 1.29 is 0 Å². The number of halogens is 1. The lowest BCUT2D eigenvalue weighted by Crippen LogP contribution is -2.16. The van der Waals surface area contributed by atoms with Gasteiger partial charge in [0.25, 0.3) is 0 Å². The SMILES string of the molecule is Cc1cccc(CC(CBr)Cc2ncnn2CC(C)C)c1. The summed E-state index contributed by atoms with van der Waals surface area (Å²) in [5, 5.41) is 5.34. The summed E-state index contributed by atoms with van der Waals surface area (Å²) in [5.41, 5.74) is 2.72. The third kappa shape index (κ3) is 4.95. The van der Waals surface area contributed by atoms with E-state index in [-0.39, 0.29) is 0 Å². The van der Waals surface area contributed by atoms with Crippen LogP contribution in [-0.2, 0) is 19.4 Å². The highest BCUT2D eigenvalue weighted by Crippen LogP contribution is 2.17. The van der Waals surface area contributed by atoms with E-state index in [1.54, 1.807) is 6.33 Å². The van der Waals surface area contributed by atoms with Crippen LogP contribution in [0.1, 0.15) is 30.8 Å². The standard InChI is InChI=1S/C17H24BrN3/c1-13(2)11-21-17(19-12-20-21)9-16(10-18)8-15-6-4-5-14(3)7-15/h4-7,12-13,16H,8-11H2,1-3H3. The number of nitrogens with zero attached hydrogens (tertiary/aromatic N) is 3. The Morgan fingerprint density at radius 3 is 2.71 bits per heavy atom. The van der Waals surface area contributed by atoms with Crippen LogP contribution in [0.25, 0.3) is 0 Å². The van der Waals surface area contributed by atoms with E-state index in [1.807, 2.05) is 0 Å². The maximum Gasteiger partial charge on any atom is 0.138 e. The summed E-state index contributed by atoms with van der Waals surface area (Å²) < 4.78 is 2.05. The van der Waals surface area contributed by atoms with Crippen molar-refractivity contribution in [2.45, 2.75) is 40.2 Å². The van der Waals surface area contributed by atoms with Crippen LogP contribution in [0.5, 0.6) is 0 Å². The third-order valence-corrected chi connectivity index (χ3v) is 4.45. The molecule has 0 aliphatic rings. The summed E-state index contributed by atoms with van der Waals surface area (Å²) in [5.74, 6) is 2.23. The first-order valence-electron chi connectivity index (χ1n) is 7.56. The summed E-state index contributed by atoms with van der Waals surface area (Å²) in [4.78, 5) is 4.45. The maximum atomic E-state index is 4.45. The van der Waals surface area contributed by atoms with Gasteiger partial charge in [-0.05, 0) is 30.7 Å². The number of hydrogen-bond donors (Lipinski definition) is 0. The van der Waals surface area contributed by atoms with E-state index in [2.05, 4.69) is 75.7 Å². The first kappa shape index (κ1) is 16.2. The van der Waals surface area contributed by atoms with Crippen molar-refractivity contribution >= 4 is 15.9 Å². The molecule has 4 heteroatoms. The van der Waals surface area contributed by atoms with E-state index in [1.165, 1.54) is 11.1 Å². The fourth-order valence-electron chi connectivity index (χ4n) is 2.56. The van der Waals surface area contributed by atoms with Gasteiger partial charge in [0, 0.05) is 18.3 Å². The van der Waals surface area contributed by atoms with Crippen LogP contribution in [0.15, 0.2) is 30.6 Å². The molecule has 114 valence electrons. The Labute approximate surface area is 135 Å².